The lowest BCUT2D eigenvalue weighted by Gasteiger charge is -1.98. The molecule has 1 aromatic carbocycles. The molecule has 0 spiro atoms. The molecule has 0 unspecified atom stereocenters. The van der Waals surface area contributed by atoms with Crippen molar-refractivity contribution < 1.29 is 5.21 Å². The number of rotatable bonds is 3. The van der Waals surface area contributed by atoms with Crippen LogP contribution in [0, 0.1) is 0 Å². The minimum Gasteiger partial charge on any atom is -0.411 e. The summed E-state index contributed by atoms with van der Waals surface area (Å²) in [6, 6.07) is 9.92. The van der Waals surface area contributed by atoms with Gasteiger partial charge in [0, 0.05) is 10.5 Å². The van der Waals surface area contributed by atoms with Crippen molar-refractivity contribution >= 4 is 18.0 Å². The molecule has 0 aliphatic heterocycles. The molecule has 0 fully saturated rings. The maximum atomic E-state index is 8.45. The second-order valence-electron chi connectivity index (χ2n) is 2.81. The Bertz CT molecular complexity index is 453. The van der Waals surface area contributed by atoms with Gasteiger partial charge in [0.25, 0.3) is 0 Å². The molecule has 0 amide bonds. The van der Waals surface area contributed by atoms with Crippen LogP contribution in [0.15, 0.2) is 51.6 Å². The molecule has 0 aliphatic carbocycles. The van der Waals surface area contributed by atoms with Crippen molar-refractivity contribution in [1.82, 2.24) is 10.2 Å². The quantitative estimate of drug-likeness (QED) is 0.473. The van der Waals surface area contributed by atoms with E-state index in [1.54, 1.807) is 18.0 Å². The first kappa shape index (κ1) is 9.79. The molecule has 2 aromatic rings. The highest BCUT2D eigenvalue weighted by molar-refractivity contribution is 7.99. The van der Waals surface area contributed by atoms with Crippen molar-refractivity contribution in [3.8, 4) is 0 Å². The zero-order valence-electron chi connectivity index (χ0n) is 7.79. The van der Waals surface area contributed by atoms with Gasteiger partial charge in [-0.3, -0.25) is 5.10 Å². The normalized spacial score (nSPS) is 10.9. The lowest BCUT2D eigenvalue weighted by atomic mass is 10.4. The third-order valence-corrected chi connectivity index (χ3v) is 2.83. The average molecular weight is 219 g/mol. The first-order valence-corrected chi connectivity index (χ1v) is 5.15. The molecule has 0 saturated carbocycles. The predicted octanol–water partition coefficient (Wildman–Crippen LogP) is 2.37. The number of hydrogen-bond donors (Lipinski definition) is 2. The van der Waals surface area contributed by atoms with Gasteiger partial charge in [-0.2, -0.15) is 5.10 Å². The van der Waals surface area contributed by atoms with Gasteiger partial charge in [0.15, 0.2) is 0 Å². The fourth-order valence-corrected chi connectivity index (χ4v) is 1.98. The summed E-state index contributed by atoms with van der Waals surface area (Å²) in [5.74, 6) is 0. The number of nitrogens with zero attached hydrogens (tertiary/aromatic N) is 2. The van der Waals surface area contributed by atoms with Crippen LogP contribution in [0.3, 0.4) is 0 Å². The number of aromatic amines is 1. The van der Waals surface area contributed by atoms with E-state index in [-0.39, 0.29) is 0 Å². The summed E-state index contributed by atoms with van der Waals surface area (Å²) in [5, 5.41) is 19.0. The molecule has 2 rings (SSSR count). The Hall–Kier alpha value is -1.75. The van der Waals surface area contributed by atoms with Crippen molar-refractivity contribution in [2.75, 3.05) is 0 Å². The number of oxime groups is 1. The van der Waals surface area contributed by atoms with E-state index in [1.165, 1.54) is 6.21 Å². The zero-order valence-corrected chi connectivity index (χ0v) is 8.61. The van der Waals surface area contributed by atoms with E-state index in [0.717, 1.165) is 15.5 Å². The van der Waals surface area contributed by atoms with Gasteiger partial charge in [0.05, 0.1) is 12.4 Å². The van der Waals surface area contributed by atoms with Crippen molar-refractivity contribution in [3.05, 3.63) is 42.1 Å². The van der Waals surface area contributed by atoms with Gasteiger partial charge in [0.2, 0.25) is 0 Å². The van der Waals surface area contributed by atoms with Crippen LogP contribution < -0.4 is 0 Å². The predicted molar refractivity (Wildman–Crippen MR) is 58.5 cm³/mol. The molecule has 0 aliphatic rings. The summed E-state index contributed by atoms with van der Waals surface area (Å²) in [7, 11) is 0. The number of hydrogen-bond acceptors (Lipinski definition) is 4. The number of H-pyrrole nitrogens is 1. The van der Waals surface area contributed by atoms with E-state index in [4.69, 9.17) is 5.21 Å². The van der Waals surface area contributed by atoms with E-state index in [0.29, 0.717) is 0 Å². The molecule has 4 nitrogen and oxygen atoms in total. The molecule has 5 heteroatoms. The van der Waals surface area contributed by atoms with E-state index in [9.17, 15) is 0 Å². The number of nitrogens with one attached hydrogen (secondary N) is 1. The van der Waals surface area contributed by atoms with Crippen molar-refractivity contribution in [2.45, 2.75) is 9.92 Å². The second kappa shape index (κ2) is 4.65. The van der Waals surface area contributed by atoms with Crippen LogP contribution in [0.4, 0.5) is 0 Å². The third-order valence-electron chi connectivity index (χ3n) is 1.79. The summed E-state index contributed by atoms with van der Waals surface area (Å²) in [4.78, 5) is 1.11. The van der Waals surface area contributed by atoms with Crippen LogP contribution in [-0.4, -0.2) is 21.6 Å². The lowest BCUT2D eigenvalue weighted by Crippen LogP contribution is -1.81. The maximum absolute atomic E-state index is 8.45. The van der Waals surface area contributed by atoms with E-state index >= 15 is 0 Å². The molecular formula is C10H9N3OS. The summed E-state index contributed by atoms with van der Waals surface area (Å²) < 4.78 is 0. The Morgan fingerprint density at radius 2 is 2.13 bits per heavy atom. The van der Waals surface area contributed by atoms with Crippen LogP contribution in [0.25, 0.3) is 0 Å². The third kappa shape index (κ3) is 2.38. The SMILES string of the molecule is ON=Cc1cn[nH]c1Sc1ccccc1. The van der Waals surface area contributed by atoms with Crippen LogP contribution in [0.2, 0.25) is 0 Å². The highest BCUT2D eigenvalue weighted by Gasteiger charge is 2.04. The molecule has 0 saturated heterocycles. The molecule has 0 atom stereocenters. The van der Waals surface area contributed by atoms with Gasteiger partial charge in [-0.1, -0.05) is 35.1 Å². The Balaban J connectivity index is 2.21. The fraction of sp³-hybridized carbons (Fsp3) is 0. The van der Waals surface area contributed by atoms with Crippen LogP contribution in [-0.2, 0) is 0 Å². The molecule has 0 radical (unpaired) electrons. The van der Waals surface area contributed by atoms with Crippen LogP contribution in [0.1, 0.15) is 5.56 Å². The van der Waals surface area contributed by atoms with Crippen molar-refractivity contribution in [1.29, 1.82) is 0 Å². The second-order valence-corrected chi connectivity index (χ2v) is 3.90. The minimum atomic E-state index is 0.770. The summed E-state index contributed by atoms with van der Waals surface area (Å²) in [5.41, 5.74) is 0.770. The van der Waals surface area contributed by atoms with Crippen molar-refractivity contribution in [3.63, 3.8) is 0 Å². The van der Waals surface area contributed by atoms with Gasteiger partial charge in [0.1, 0.15) is 5.03 Å². The fourth-order valence-electron chi connectivity index (χ4n) is 1.13. The van der Waals surface area contributed by atoms with Gasteiger partial charge in [-0.05, 0) is 12.1 Å². The Morgan fingerprint density at radius 1 is 1.33 bits per heavy atom. The van der Waals surface area contributed by atoms with Crippen LogP contribution in [0.5, 0.6) is 0 Å². The molecule has 1 aromatic heterocycles. The van der Waals surface area contributed by atoms with Gasteiger partial charge in [-0.25, -0.2) is 0 Å². The molecular weight excluding hydrogens is 210 g/mol. The largest absolute Gasteiger partial charge is 0.411 e. The monoisotopic (exact) mass is 219 g/mol. The Labute approximate surface area is 91.0 Å². The number of aromatic nitrogens is 2. The first-order valence-electron chi connectivity index (χ1n) is 4.34. The maximum Gasteiger partial charge on any atom is 0.104 e. The standard InChI is InChI=1S/C10H9N3OS/c14-12-7-8-6-11-13-10(8)15-9-4-2-1-3-5-9/h1-7,14H,(H,11,13). The van der Waals surface area contributed by atoms with Gasteiger partial charge >= 0.3 is 0 Å². The topological polar surface area (TPSA) is 61.3 Å². The van der Waals surface area contributed by atoms with E-state index in [1.807, 2.05) is 30.3 Å². The average Bonchev–Trinajstić information content (AvgIpc) is 2.68. The van der Waals surface area contributed by atoms with Crippen LogP contribution >= 0.6 is 11.8 Å². The number of benzene rings is 1. The highest BCUT2D eigenvalue weighted by Crippen LogP contribution is 2.27. The van der Waals surface area contributed by atoms with Gasteiger partial charge in [-0.15, -0.1) is 0 Å². The van der Waals surface area contributed by atoms with Crippen molar-refractivity contribution in [2.24, 2.45) is 5.16 Å². The van der Waals surface area contributed by atoms with E-state index < -0.39 is 0 Å². The zero-order chi connectivity index (χ0) is 10.5. The lowest BCUT2D eigenvalue weighted by molar-refractivity contribution is 0.322. The van der Waals surface area contributed by atoms with E-state index in [2.05, 4.69) is 15.4 Å². The molecule has 76 valence electrons. The molecule has 15 heavy (non-hydrogen) atoms. The Morgan fingerprint density at radius 3 is 2.87 bits per heavy atom. The Kier molecular flexibility index (Phi) is 3.04. The highest BCUT2D eigenvalue weighted by atomic mass is 32.2. The molecule has 0 bridgehead atoms. The molecule has 1 heterocycles. The molecule has 2 N–H and O–H groups in total. The summed E-state index contributed by atoms with van der Waals surface area (Å²) in [6.07, 6.45) is 2.97. The smallest absolute Gasteiger partial charge is 0.104 e. The van der Waals surface area contributed by atoms with Gasteiger partial charge < -0.3 is 5.21 Å². The first-order chi connectivity index (χ1) is 7.40. The summed E-state index contributed by atoms with van der Waals surface area (Å²) in [6.45, 7) is 0. The summed E-state index contributed by atoms with van der Waals surface area (Å²) >= 11 is 1.54. The minimum absolute atomic E-state index is 0.770.